The van der Waals surface area contributed by atoms with Crippen LogP contribution >= 0.6 is 0 Å². The summed E-state index contributed by atoms with van der Waals surface area (Å²) in [5.41, 5.74) is 9.68. The average molecular weight is 549 g/mol. The molecule has 5 nitrogen and oxygen atoms in total. The van der Waals surface area contributed by atoms with Gasteiger partial charge in [-0.25, -0.2) is 4.39 Å². The summed E-state index contributed by atoms with van der Waals surface area (Å²) in [4.78, 5) is 15.5. The van der Waals surface area contributed by atoms with Gasteiger partial charge in [-0.1, -0.05) is 57.2 Å². The Bertz CT molecular complexity index is 1250. The zero-order valence-corrected chi connectivity index (χ0v) is 24.9. The van der Waals surface area contributed by atoms with Gasteiger partial charge in [-0.2, -0.15) is 0 Å². The molecule has 1 saturated heterocycles. The van der Waals surface area contributed by atoms with Crippen LogP contribution in [0.15, 0.2) is 72.8 Å². The summed E-state index contributed by atoms with van der Waals surface area (Å²) in [5, 5.41) is 0.0235. The first kappa shape index (κ1) is 29.0. The molecule has 39 heavy (non-hydrogen) atoms. The number of nitrogens with two attached hydrogens (primary N) is 1. The smallest absolute Gasteiger partial charge is 0.233 e. The topological polar surface area (TPSA) is 64.8 Å². The normalized spacial score (nSPS) is 18.6. The molecule has 0 aliphatic carbocycles. The molecule has 0 aromatic heterocycles. The maximum Gasteiger partial charge on any atom is 0.233 e. The van der Waals surface area contributed by atoms with Crippen LogP contribution in [0.2, 0.25) is 18.1 Å². The van der Waals surface area contributed by atoms with Crippen LogP contribution in [0.4, 0.5) is 10.1 Å². The summed E-state index contributed by atoms with van der Waals surface area (Å²) in [6.07, 6.45) is 1.11. The zero-order valence-electron chi connectivity index (χ0n) is 23.9. The minimum Gasteiger partial charge on any atom is -0.497 e. The largest absolute Gasteiger partial charge is 0.497 e. The van der Waals surface area contributed by atoms with Gasteiger partial charge in [0.1, 0.15) is 11.6 Å². The number of rotatable bonds is 10. The molecule has 0 bridgehead atoms. The third-order valence-corrected chi connectivity index (χ3v) is 12.8. The zero-order chi connectivity index (χ0) is 28.4. The Balaban J connectivity index is 1.62. The molecule has 1 amide bonds. The SMILES string of the molecule is COc1ccc(C2C(CC[C@@H](O[Si](C)(C)C(C)(C)C)c3ccc(F)cc3)C(=O)N2c2ccc(CN)cc2)cc1. The minimum absolute atomic E-state index is 0.0235. The van der Waals surface area contributed by atoms with Gasteiger partial charge in [0.25, 0.3) is 0 Å². The third-order valence-electron chi connectivity index (χ3n) is 8.35. The Morgan fingerprint density at radius 1 is 0.974 bits per heavy atom. The molecule has 3 aromatic carbocycles. The van der Waals surface area contributed by atoms with Gasteiger partial charge < -0.3 is 19.8 Å². The van der Waals surface area contributed by atoms with Gasteiger partial charge in [0.2, 0.25) is 5.91 Å². The van der Waals surface area contributed by atoms with Crippen molar-refractivity contribution in [2.75, 3.05) is 12.0 Å². The number of hydrogen-bond acceptors (Lipinski definition) is 4. The second-order valence-corrected chi connectivity index (χ2v) is 16.7. The molecule has 2 unspecified atom stereocenters. The van der Waals surface area contributed by atoms with Crippen molar-refractivity contribution in [3.8, 4) is 5.75 Å². The highest BCUT2D eigenvalue weighted by Gasteiger charge is 2.49. The van der Waals surface area contributed by atoms with Crippen LogP contribution in [0.5, 0.6) is 5.75 Å². The van der Waals surface area contributed by atoms with Crippen LogP contribution in [-0.4, -0.2) is 21.3 Å². The maximum absolute atomic E-state index is 13.8. The second kappa shape index (κ2) is 11.6. The van der Waals surface area contributed by atoms with Gasteiger partial charge >= 0.3 is 0 Å². The van der Waals surface area contributed by atoms with Gasteiger partial charge in [0, 0.05) is 12.2 Å². The predicted octanol–water partition coefficient (Wildman–Crippen LogP) is 7.54. The van der Waals surface area contributed by atoms with E-state index in [1.54, 1.807) is 7.11 Å². The highest BCUT2D eigenvalue weighted by molar-refractivity contribution is 6.74. The van der Waals surface area contributed by atoms with E-state index in [-0.39, 0.29) is 34.8 Å². The number of benzene rings is 3. The van der Waals surface area contributed by atoms with Gasteiger partial charge in [-0.3, -0.25) is 4.79 Å². The first-order valence-electron chi connectivity index (χ1n) is 13.6. The van der Waals surface area contributed by atoms with E-state index in [0.717, 1.165) is 28.1 Å². The van der Waals surface area contributed by atoms with E-state index in [1.165, 1.54) is 12.1 Å². The number of β-lactam (4-membered cyclic amide) rings is 1. The molecule has 4 rings (SSSR count). The number of methoxy groups -OCH3 is 1. The van der Waals surface area contributed by atoms with Crippen LogP contribution in [-0.2, 0) is 15.8 Å². The number of hydrogen-bond donors (Lipinski definition) is 1. The van der Waals surface area contributed by atoms with Crippen molar-refractivity contribution in [1.29, 1.82) is 0 Å². The molecular weight excluding hydrogens is 507 g/mol. The highest BCUT2D eigenvalue weighted by atomic mass is 28.4. The molecule has 0 radical (unpaired) electrons. The second-order valence-electron chi connectivity index (χ2n) is 11.9. The Morgan fingerprint density at radius 3 is 2.13 bits per heavy atom. The molecule has 0 spiro atoms. The quantitative estimate of drug-likeness (QED) is 0.210. The van der Waals surface area contributed by atoms with E-state index in [2.05, 4.69) is 33.9 Å². The number of carbonyl (C=O) groups is 1. The third kappa shape index (κ3) is 6.26. The average Bonchev–Trinajstić information content (AvgIpc) is 2.91. The molecule has 1 heterocycles. The predicted molar refractivity (Wildman–Crippen MR) is 158 cm³/mol. The van der Waals surface area contributed by atoms with Crippen molar-refractivity contribution >= 4 is 19.9 Å². The van der Waals surface area contributed by atoms with E-state index < -0.39 is 8.32 Å². The van der Waals surface area contributed by atoms with Crippen LogP contribution in [0.3, 0.4) is 0 Å². The monoisotopic (exact) mass is 548 g/mol. The van der Waals surface area contributed by atoms with E-state index >= 15 is 0 Å². The lowest BCUT2D eigenvalue weighted by Crippen LogP contribution is -2.55. The number of nitrogens with zero attached hydrogens (tertiary/aromatic N) is 1. The molecule has 2 N–H and O–H groups in total. The Hall–Kier alpha value is -3.00. The molecule has 208 valence electrons. The summed E-state index contributed by atoms with van der Waals surface area (Å²) in [5.74, 6) is 0.411. The first-order chi connectivity index (χ1) is 18.4. The fraction of sp³-hybridized carbons (Fsp3) is 0.406. The van der Waals surface area contributed by atoms with E-state index in [0.29, 0.717) is 19.4 Å². The molecular formula is C32H41FN2O3Si. The van der Waals surface area contributed by atoms with Crippen molar-refractivity contribution in [1.82, 2.24) is 0 Å². The van der Waals surface area contributed by atoms with Crippen molar-refractivity contribution < 1.29 is 18.3 Å². The lowest BCUT2D eigenvalue weighted by atomic mass is 9.78. The summed E-state index contributed by atoms with van der Waals surface area (Å²) in [7, 11) is -0.479. The van der Waals surface area contributed by atoms with Gasteiger partial charge in [-0.15, -0.1) is 0 Å². The number of halogens is 1. The number of anilines is 1. The molecule has 3 aromatic rings. The number of ether oxygens (including phenoxy) is 1. The Morgan fingerprint density at radius 2 is 1.59 bits per heavy atom. The van der Waals surface area contributed by atoms with Crippen molar-refractivity contribution in [3.05, 3.63) is 95.3 Å². The van der Waals surface area contributed by atoms with Crippen LogP contribution in [0.25, 0.3) is 0 Å². The molecule has 3 atom stereocenters. The van der Waals surface area contributed by atoms with Gasteiger partial charge in [0.05, 0.1) is 25.2 Å². The minimum atomic E-state index is -2.13. The molecule has 1 aliphatic rings. The molecule has 7 heteroatoms. The van der Waals surface area contributed by atoms with Crippen LogP contribution in [0, 0.1) is 11.7 Å². The standard InChI is InChI=1S/C32H41FN2O3Si/c1-32(2,3)39(5,6)38-29(23-9-13-25(33)14-10-23)20-19-28-30(24-11-17-27(37-4)18-12-24)35(31(28)36)26-15-7-22(21-34)8-16-26/h7-18,28-30H,19-21,34H2,1-6H3/t28?,29-,30?/m1/s1. The fourth-order valence-electron chi connectivity index (χ4n) is 4.93. The fourth-order valence-corrected chi connectivity index (χ4v) is 6.25. The summed E-state index contributed by atoms with van der Waals surface area (Å²) < 4.78 is 26.0. The van der Waals surface area contributed by atoms with E-state index in [9.17, 15) is 9.18 Å². The van der Waals surface area contributed by atoms with Crippen molar-refractivity contribution in [2.24, 2.45) is 11.7 Å². The Labute approximate surface area is 233 Å². The lowest BCUT2D eigenvalue weighted by Gasteiger charge is -2.48. The summed E-state index contributed by atoms with van der Waals surface area (Å²) in [6, 6.07) is 22.3. The molecule has 0 saturated carbocycles. The summed E-state index contributed by atoms with van der Waals surface area (Å²) >= 11 is 0. The molecule has 1 fully saturated rings. The Kier molecular flexibility index (Phi) is 8.64. The maximum atomic E-state index is 13.8. The van der Waals surface area contributed by atoms with Gasteiger partial charge in [0.15, 0.2) is 8.32 Å². The van der Waals surface area contributed by atoms with Crippen LogP contribution < -0.4 is 15.4 Å². The first-order valence-corrected chi connectivity index (χ1v) is 16.6. The highest BCUT2D eigenvalue weighted by Crippen LogP contribution is 2.48. The van der Waals surface area contributed by atoms with E-state index in [4.69, 9.17) is 14.9 Å². The summed E-state index contributed by atoms with van der Waals surface area (Å²) in [6.45, 7) is 11.5. The van der Waals surface area contributed by atoms with Gasteiger partial charge in [-0.05, 0) is 84.1 Å². The number of carbonyl (C=O) groups excluding carboxylic acids is 1. The van der Waals surface area contributed by atoms with E-state index in [1.807, 2.05) is 65.6 Å². The van der Waals surface area contributed by atoms with Crippen LogP contribution in [0.1, 0.15) is 62.4 Å². The van der Waals surface area contributed by atoms with Crippen molar-refractivity contribution in [2.45, 2.75) is 70.4 Å². The number of amides is 1. The van der Waals surface area contributed by atoms with Crippen molar-refractivity contribution in [3.63, 3.8) is 0 Å². The molecule has 1 aliphatic heterocycles. The lowest BCUT2D eigenvalue weighted by molar-refractivity contribution is -0.131.